The average molecular weight is 322 g/mol. The Morgan fingerprint density at radius 2 is 1.86 bits per heavy atom. The molecule has 1 N–H and O–H groups in total. The largest absolute Gasteiger partial charge is 0.310 e. The molecule has 0 aliphatic rings. The SMILES string of the molecule is CCCNC(Cc1cccc(Cl)c1)c1cccc(Cl)c1C. The maximum absolute atomic E-state index is 6.27. The molecule has 21 heavy (non-hydrogen) atoms. The van der Waals surface area contributed by atoms with Gasteiger partial charge in [0, 0.05) is 16.1 Å². The summed E-state index contributed by atoms with van der Waals surface area (Å²) in [5, 5.41) is 5.22. The van der Waals surface area contributed by atoms with Gasteiger partial charge in [0.1, 0.15) is 0 Å². The van der Waals surface area contributed by atoms with Gasteiger partial charge in [-0.15, -0.1) is 0 Å². The van der Waals surface area contributed by atoms with Crippen molar-refractivity contribution in [2.24, 2.45) is 0 Å². The molecule has 0 radical (unpaired) electrons. The van der Waals surface area contributed by atoms with Crippen molar-refractivity contribution in [1.29, 1.82) is 0 Å². The van der Waals surface area contributed by atoms with E-state index in [0.29, 0.717) is 0 Å². The third kappa shape index (κ3) is 4.47. The van der Waals surface area contributed by atoms with Crippen LogP contribution in [0.15, 0.2) is 42.5 Å². The highest BCUT2D eigenvalue weighted by molar-refractivity contribution is 6.31. The summed E-state index contributed by atoms with van der Waals surface area (Å²) in [5.41, 5.74) is 3.64. The van der Waals surface area contributed by atoms with Crippen LogP contribution in [0, 0.1) is 6.92 Å². The molecule has 0 fully saturated rings. The predicted octanol–water partition coefficient (Wildman–Crippen LogP) is 5.59. The van der Waals surface area contributed by atoms with E-state index in [1.54, 1.807) is 0 Å². The second-order valence-corrected chi connectivity index (χ2v) is 6.14. The van der Waals surface area contributed by atoms with E-state index < -0.39 is 0 Å². The molecule has 1 nitrogen and oxygen atoms in total. The predicted molar refractivity (Wildman–Crippen MR) is 92.4 cm³/mol. The Morgan fingerprint density at radius 1 is 1.10 bits per heavy atom. The molecule has 0 aliphatic carbocycles. The maximum atomic E-state index is 6.27. The molecule has 2 aromatic carbocycles. The standard InChI is InChI=1S/C18H21Cl2N/c1-3-10-21-18(12-14-6-4-7-15(19)11-14)16-8-5-9-17(20)13(16)2/h4-9,11,18,21H,3,10,12H2,1-2H3. The highest BCUT2D eigenvalue weighted by atomic mass is 35.5. The summed E-state index contributed by atoms with van der Waals surface area (Å²) in [6.45, 7) is 5.24. The average Bonchev–Trinajstić information content (AvgIpc) is 2.47. The van der Waals surface area contributed by atoms with Crippen molar-refractivity contribution in [3.8, 4) is 0 Å². The first-order valence-corrected chi connectivity index (χ1v) is 8.10. The van der Waals surface area contributed by atoms with Crippen LogP contribution in [-0.4, -0.2) is 6.54 Å². The zero-order valence-corrected chi connectivity index (χ0v) is 14.0. The van der Waals surface area contributed by atoms with Gasteiger partial charge in [-0.2, -0.15) is 0 Å². The Morgan fingerprint density at radius 3 is 2.57 bits per heavy atom. The van der Waals surface area contributed by atoms with Gasteiger partial charge in [-0.25, -0.2) is 0 Å². The monoisotopic (exact) mass is 321 g/mol. The first-order chi connectivity index (χ1) is 10.1. The Labute approximate surface area is 137 Å². The topological polar surface area (TPSA) is 12.0 Å². The van der Waals surface area contributed by atoms with Crippen molar-refractivity contribution in [3.05, 3.63) is 69.2 Å². The van der Waals surface area contributed by atoms with Crippen LogP contribution in [0.2, 0.25) is 10.0 Å². The van der Waals surface area contributed by atoms with Crippen molar-refractivity contribution in [1.82, 2.24) is 5.32 Å². The van der Waals surface area contributed by atoms with Crippen LogP contribution in [0.25, 0.3) is 0 Å². The fourth-order valence-electron chi connectivity index (χ4n) is 2.51. The van der Waals surface area contributed by atoms with E-state index in [9.17, 15) is 0 Å². The van der Waals surface area contributed by atoms with Crippen molar-refractivity contribution in [3.63, 3.8) is 0 Å². The molecule has 0 saturated heterocycles. The second-order valence-electron chi connectivity index (χ2n) is 5.29. The Bertz CT molecular complexity index is 596. The van der Waals surface area contributed by atoms with E-state index in [4.69, 9.17) is 23.2 Å². The molecule has 0 aromatic heterocycles. The van der Waals surface area contributed by atoms with Gasteiger partial charge in [-0.1, -0.05) is 54.4 Å². The quantitative estimate of drug-likeness (QED) is 0.731. The van der Waals surface area contributed by atoms with Crippen LogP contribution in [0.3, 0.4) is 0 Å². The van der Waals surface area contributed by atoms with Crippen LogP contribution in [0.1, 0.15) is 36.1 Å². The third-order valence-corrected chi connectivity index (χ3v) is 4.30. The molecule has 2 aromatic rings. The van der Waals surface area contributed by atoms with Gasteiger partial charge in [0.2, 0.25) is 0 Å². The van der Waals surface area contributed by atoms with E-state index in [0.717, 1.165) is 35.0 Å². The van der Waals surface area contributed by atoms with Crippen LogP contribution in [-0.2, 0) is 6.42 Å². The van der Waals surface area contributed by atoms with Gasteiger partial charge in [0.15, 0.2) is 0 Å². The zero-order chi connectivity index (χ0) is 15.2. The Kier molecular flexibility index (Phi) is 6.10. The summed E-state index contributed by atoms with van der Waals surface area (Å²) in [7, 11) is 0. The summed E-state index contributed by atoms with van der Waals surface area (Å²) in [6, 6.07) is 14.4. The fraction of sp³-hybridized carbons (Fsp3) is 0.333. The normalized spacial score (nSPS) is 12.4. The molecule has 2 rings (SSSR count). The van der Waals surface area contributed by atoms with E-state index in [-0.39, 0.29) is 6.04 Å². The number of nitrogens with one attached hydrogen (secondary N) is 1. The summed E-state index contributed by atoms with van der Waals surface area (Å²) in [6.07, 6.45) is 2.01. The van der Waals surface area contributed by atoms with Crippen LogP contribution < -0.4 is 5.32 Å². The molecule has 0 bridgehead atoms. The lowest BCUT2D eigenvalue weighted by Gasteiger charge is -2.22. The van der Waals surface area contributed by atoms with Gasteiger partial charge in [-0.05, 0) is 61.2 Å². The fourth-order valence-corrected chi connectivity index (χ4v) is 2.91. The molecule has 0 heterocycles. The molecule has 0 aliphatic heterocycles. The van der Waals surface area contributed by atoms with E-state index in [1.807, 2.05) is 30.3 Å². The first kappa shape index (κ1) is 16.4. The van der Waals surface area contributed by atoms with Gasteiger partial charge in [0.05, 0.1) is 0 Å². The highest BCUT2D eigenvalue weighted by Crippen LogP contribution is 2.27. The number of halogens is 2. The second kappa shape index (κ2) is 7.84. The summed E-state index contributed by atoms with van der Waals surface area (Å²) < 4.78 is 0. The van der Waals surface area contributed by atoms with Crippen LogP contribution in [0.5, 0.6) is 0 Å². The minimum atomic E-state index is 0.252. The first-order valence-electron chi connectivity index (χ1n) is 7.34. The lowest BCUT2D eigenvalue weighted by Crippen LogP contribution is -2.24. The Balaban J connectivity index is 2.27. The molecule has 112 valence electrons. The molecule has 0 saturated carbocycles. The van der Waals surface area contributed by atoms with Gasteiger partial charge in [-0.3, -0.25) is 0 Å². The molecule has 0 spiro atoms. The molecular formula is C18H21Cl2N. The lowest BCUT2D eigenvalue weighted by molar-refractivity contribution is 0.527. The molecule has 3 heteroatoms. The minimum absolute atomic E-state index is 0.252. The third-order valence-electron chi connectivity index (χ3n) is 3.65. The van der Waals surface area contributed by atoms with Crippen molar-refractivity contribution in [2.45, 2.75) is 32.7 Å². The zero-order valence-electron chi connectivity index (χ0n) is 12.5. The number of benzene rings is 2. The molecule has 0 amide bonds. The van der Waals surface area contributed by atoms with Gasteiger partial charge in [0.25, 0.3) is 0 Å². The summed E-state index contributed by atoms with van der Waals surface area (Å²) >= 11 is 12.4. The van der Waals surface area contributed by atoms with Crippen molar-refractivity contribution in [2.75, 3.05) is 6.54 Å². The van der Waals surface area contributed by atoms with E-state index in [2.05, 4.69) is 31.3 Å². The lowest BCUT2D eigenvalue weighted by atomic mass is 9.95. The van der Waals surface area contributed by atoms with E-state index in [1.165, 1.54) is 11.1 Å². The smallest absolute Gasteiger partial charge is 0.0438 e. The maximum Gasteiger partial charge on any atom is 0.0438 e. The number of rotatable bonds is 6. The van der Waals surface area contributed by atoms with Crippen molar-refractivity contribution < 1.29 is 0 Å². The Hall–Kier alpha value is -1.02. The van der Waals surface area contributed by atoms with Gasteiger partial charge < -0.3 is 5.32 Å². The molecule has 1 atom stereocenters. The molecule has 1 unspecified atom stereocenters. The van der Waals surface area contributed by atoms with E-state index >= 15 is 0 Å². The summed E-state index contributed by atoms with van der Waals surface area (Å²) in [5.74, 6) is 0. The minimum Gasteiger partial charge on any atom is -0.310 e. The van der Waals surface area contributed by atoms with Gasteiger partial charge >= 0.3 is 0 Å². The summed E-state index contributed by atoms with van der Waals surface area (Å²) in [4.78, 5) is 0. The number of hydrogen-bond donors (Lipinski definition) is 1. The van der Waals surface area contributed by atoms with Crippen molar-refractivity contribution >= 4 is 23.2 Å². The van der Waals surface area contributed by atoms with Crippen LogP contribution in [0.4, 0.5) is 0 Å². The highest BCUT2D eigenvalue weighted by Gasteiger charge is 2.15. The molecular weight excluding hydrogens is 301 g/mol. The van der Waals surface area contributed by atoms with Crippen LogP contribution >= 0.6 is 23.2 Å². The number of hydrogen-bond acceptors (Lipinski definition) is 1.